The first-order valence-corrected chi connectivity index (χ1v) is 3.90. The number of aromatic hydroxyl groups is 1. The summed E-state index contributed by atoms with van der Waals surface area (Å²) >= 11 is 0. The van der Waals surface area contributed by atoms with Crippen molar-refractivity contribution in [2.24, 2.45) is 0 Å². The van der Waals surface area contributed by atoms with Gasteiger partial charge in [0.05, 0.1) is 6.26 Å². The Hall–Kier alpha value is -1.90. The van der Waals surface area contributed by atoms with E-state index in [0.29, 0.717) is 11.4 Å². The number of phenols is 1. The molecule has 2 rings (SSSR count). The number of hydrogen-bond acceptors (Lipinski definition) is 3. The number of nitrogens with two attached hydrogens (primary N) is 1. The molecule has 0 amide bonds. The van der Waals surface area contributed by atoms with Crippen LogP contribution in [0.1, 0.15) is 0 Å². The Morgan fingerprint density at radius 2 is 1.85 bits per heavy atom. The summed E-state index contributed by atoms with van der Waals surface area (Å²) in [6.07, 6.45) is 1.50. The van der Waals surface area contributed by atoms with Gasteiger partial charge in [0.2, 0.25) is 0 Å². The zero-order chi connectivity index (χ0) is 9.26. The quantitative estimate of drug-likeness (QED) is 0.698. The van der Waals surface area contributed by atoms with Gasteiger partial charge in [0.25, 0.3) is 0 Å². The average Bonchev–Trinajstić information content (AvgIpc) is 2.52. The first-order chi connectivity index (χ1) is 6.29. The topological polar surface area (TPSA) is 59.4 Å². The molecule has 1 heterocycles. The molecule has 0 aliphatic heterocycles. The second-order valence-corrected chi connectivity index (χ2v) is 2.72. The summed E-state index contributed by atoms with van der Waals surface area (Å²) < 4.78 is 4.94. The highest BCUT2D eigenvalue weighted by molar-refractivity contribution is 5.77. The Kier molecular flexibility index (Phi) is 1.70. The lowest BCUT2D eigenvalue weighted by atomic mass is 10.1. The second kappa shape index (κ2) is 2.86. The lowest BCUT2D eigenvalue weighted by Gasteiger charge is -2.00. The molecule has 1 aromatic carbocycles. The third-order valence-electron chi connectivity index (χ3n) is 1.89. The Labute approximate surface area is 75.4 Å². The van der Waals surface area contributed by atoms with E-state index >= 15 is 0 Å². The van der Waals surface area contributed by atoms with Gasteiger partial charge in [-0.05, 0) is 12.1 Å². The van der Waals surface area contributed by atoms with Crippen molar-refractivity contribution in [1.82, 2.24) is 0 Å². The van der Waals surface area contributed by atoms with Crippen LogP contribution < -0.4 is 5.73 Å². The molecule has 0 bridgehead atoms. The van der Waals surface area contributed by atoms with Gasteiger partial charge < -0.3 is 15.3 Å². The van der Waals surface area contributed by atoms with E-state index in [4.69, 9.17) is 10.2 Å². The van der Waals surface area contributed by atoms with Crippen molar-refractivity contribution >= 4 is 5.88 Å². The summed E-state index contributed by atoms with van der Waals surface area (Å²) in [5, 5.41) is 9.51. The van der Waals surface area contributed by atoms with E-state index < -0.39 is 0 Å². The molecule has 3 heteroatoms. The normalized spacial score (nSPS) is 10.2. The fourth-order valence-corrected chi connectivity index (χ4v) is 1.24. The van der Waals surface area contributed by atoms with Crippen LogP contribution in [0.5, 0.6) is 5.75 Å². The second-order valence-electron chi connectivity index (χ2n) is 2.72. The summed E-state index contributed by atoms with van der Waals surface area (Å²) in [4.78, 5) is 0. The van der Waals surface area contributed by atoms with Gasteiger partial charge >= 0.3 is 0 Å². The number of nitrogen functional groups attached to an aromatic ring is 1. The van der Waals surface area contributed by atoms with Crippen molar-refractivity contribution in [3.8, 4) is 16.9 Å². The van der Waals surface area contributed by atoms with Crippen LogP contribution in [-0.2, 0) is 0 Å². The molecule has 2 aromatic rings. The smallest absolute Gasteiger partial charge is 0.198 e. The lowest BCUT2D eigenvalue weighted by molar-refractivity contribution is 0.477. The molecule has 0 spiro atoms. The van der Waals surface area contributed by atoms with Gasteiger partial charge in [-0.1, -0.05) is 18.2 Å². The van der Waals surface area contributed by atoms with Gasteiger partial charge in [0.1, 0.15) is 5.75 Å². The van der Waals surface area contributed by atoms with Crippen LogP contribution in [0.4, 0.5) is 5.88 Å². The van der Waals surface area contributed by atoms with E-state index in [2.05, 4.69) is 0 Å². The van der Waals surface area contributed by atoms with E-state index in [1.807, 2.05) is 6.07 Å². The first-order valence-electron chi connectivity index (χ1n) is 3.90. The van der Waals surface area contributed by atoms with E-state index in [0.717, 1.165) is 5.56 Å². The monoisotopic (exact) mass is 175 g/mol. The van der Waals surface area contributed by atoms with E-state index in [1.165, 1.54) is 6.26 Å². The standard InChI is InChI=1S/C10H9NO2/c11-10-8(5-6-13-10)7-3-1-2-4-9(7)12/h1-6,12H,11H2. The molecule has 3 nitrogen and oxygen atoms in total. The molecule has 0 saturated heterocycles. The highest BCUT2D eigenvalue weighted by Gasteiger charge is 2.08. The average molecular weight is 175 g/mol. The maximum atomic E-state index is 9.51. The van der Waals surface area contributed by atoms with Gasteiger partial charge in [-0.15, -0.1) is 0 Å². The molecular weight excluding hydrogens is 166 g/mol. The lowest BCUT2D eigenvalue weighted by Crippen LogP contribution is -1.84. The molecule has 0 radical (unpaired) electrons. The molecule has 0 unspecified atom stereocenters. The number of hydrogen-bond donors (Lipinski definition) is 2. The van der Waals surface area contributed by atoms with Crippen molar-refractivity contribution in [3.05, 3.63) is 36.6 Å². The molecule has 0 aliphatic rings. The zero-order valence-corrected chi connectivity index (χ0v) is 6.90. The molecule has 0 aliphatic carbocycles. The van der Waals surface area contributed by atoms with Crippen molar-refractivity contribution in [1.29, 1.82) is 0 Å². The molecule has 66 valence electrons. The summed E-state index contributed by atoms with van der Waals surface area (Å²) in [6.45, 7) is 0. The maximum Gasteiger partial charge on any atom is 0.198 e. The van der Waals surface area contributed by atoms with Crippen LogP contribution in [0.25, 0.3) is 11.1 Å². The Bertz CT molecular complexity index is 420. The van der Waals surface area contributed by atoms with Crippen molar-refractivity contribution in [3.63, 3.8) is 0 Å². The van der Waals surface area contributed by atoms with E-state index in [1.54, 1.807) is 24.3 Å². The van der Waals surface area contributed by atoms with Crippen molar-refractivity contribution < 1.29 is 9.52 Å². The van der Waals surface area contributed by atoms with Crippen LogP contribution in [0.2, 0.25) is 0 Å². The van der Waals surface area contributed by atoms with Gasteiger partial charge in [-0.3, -0.25) is 0 Å². The minimum Gasteiger partial charge on any atom is -0.507 e. The van der Waals surface area contributed by atoms with Crippen LogP contribution >= 0.6 is 0 Å². The van der Waals surface area contributed by atoms with Gasteiger partial charge in [0.15, 0.2) is 5.88 Å². The number of benzene rings is 1. The molecular formula is C10H9NO2. The molecule has 0 atom stereocenters. The van der Waals surface area contributed by atoms with Gasteiger partial charge in [-0.2, -0.15) is 0 Å². The molecule has 0 saturated carbocycles. The van der Waals surface area contributed by atoms with Crippen LogP contribution in [0.3, 0.4) is 0 Å². The van der Waals surface area contributed by atoms with Crippen LogP contribution in [-0.4, -0.2) is 5.11 Å². The SMILES string of the molecule is Nc1occc1-c1ccccc1O. The fraction of sp³-hybridized carbons (Fsp3) is 0. The predicted octanol–water partition coefficient (Wildman–Crippen LogP) is 2.23. The zero-order valence-electron chi connectivity index (χ0n) is 6.90. The Morgan fingerprint density at radius 3 is 2.46 bits per heavy atom. The first kappa shape index (κ1) is 7.73. The van der Waals surface area contributed by atoms with Gasteiger partial charge in [0, 0.05) is 11.1 Å². The predicted molar refractivity (Wildman–Crippen MR) is 50.2 cm³/mol. The third-order valence-corrected chi connectivity index (χ3v) is 1.89. The number of anilines is 1. The van der Waals surface area contributed by atoms with Crippen molar-refractivity contribution in [2.75, 3.05) is 5.73 Å². The van der Waals surface area contributed by atoms with Crippen molar-refractivity contribution in [2.45, 2.75) is 0 Å². The highest BCUT2D eigenvalue weighted by atomic mass is 16.3. The highest BCUT2D eigenvalue weighted by Crippen LogP contribution is 2.33. The summed E-state index contributed by atoms with van der Waals surface area (Å²) in [5.41, 5.74) is 6.97. The minimum absolute atomic E-state index is 0.204. The third kappa shape index (κ3) is 1.24. The summed E-state index contributed by atoms with van der Waals surface area (Å²) in [5.74, 6) is 0.525. The molecule has 3 N–H and O–H groups in total. The fourth-order valence-electron chi connectivity index (χ4n) is 1.24. The number of para-hydroxylation sites is 1. The number of furan rings is 1. The van der Waals surface area contributed by atoms with E-state index in [9.17, 15) is 5.11 Å². The number of rotatable bonds is 1. The summed E-state index contributed by atoms with van der Waals surface area (Å²) in [6, 6.07) is 8.72. The molecule has 13 heavy (non-hydrogen) atoms. The maximum absolute atomic E-state index is 9.51. The Balaban J connectivity index is 2.59. The molecule has 0 fully saturated rings. The van der Waals surface area contributed by atoms with E-state index in [-0.39, 0.29) is 5.75 Å². The van der Waals surface area contributed by atoms with Crippen LogP contribution in [0, 0.1) is 0 Å². The van der Waals surface area contributed by atoms with Crippen LogP contribution in [0.15, 0.2) is 41.0 Å². The minimum atomic E-state index is 0.204. The number of phenolic OH excluding ortho intramolecular Hbond substituents is 1. The summed E-state index contributed by atoms with van der Waals surface area (Å²) in [7, 11) is 0. The largest absolute Gasteiger partial charge is 0.507 e. The Morgan fingerprint density at radius 1 is 1.08 bits per heavy atom. The molecule has 1 aromatic heterocycles. The van der Waals surface area contributed by atoms with Gasteiger partial charge in [-0.25, -0.2) is 0 Å².